The number of carbonyl (C=O) groups excluding carboxylic acids is 1. The zero-order valence-electron chi connectivity index (χ0n) is 22.8. The molecule has 41 heavy (non-hydrogen) atoms. The maximum atomic E-state index is 14.2. The first-order chi connectivity index (χ1) is 19.9. The van der Waals surface area contributed by atoms with Crippen LogP contribution in [0.4, 0.5) is 16.0 Å². The smallest absolute Gasteiger partial charge is 0.255 e. The van der Waals surface area contributed by atoms with Crippen LogP contribution in [0.3, 0.4) is 0 Å². The minimum absolute atomic E-state index is 0.0188. The number of anilines is 2. The lowest BCUT2D eigenvalue weighted by Gasteiger charge is -2.29. The number of allylic oxidation sites excluding steroid dienone is 1. The number of carbonyl (C=O) groups is 1. The van der Waals surface area contributed by atoms with Crippen molar-refractivity contribution >= 4 is 40.9 Å². The molecule has 0 saturated heterocycles. The van der Waals surface area contributed by atoms with E-state index in [1.165, 1.54) is 6.07 Å². The highest BCUT2D eigenvalue weighted by Crippen LogP contribution is 2.38. The fourth-order valence-corrected chi connectivity index (χ4v) is 5.40. The summed E-state index contributed by atoms with van der Waals surface area (Å²) in [6.07, 6.45) is 0.981. The van der Waals surface area contributed by atoms with E-state index in [0.29, 0.717) is 44.6 Å². The van der Waals surface area contributed by atoms with E-state index in [4.69, 9.17) is 26.2 Å². The molecule has 1 amide bonds. The van der Waals surface area contributed by atoms with Crippen LogP contribution in [-0.2, 0) is 11.4 Å². The number of aromatic nitrogens is 3. The van der Waals surface area contributed by atoms with Gasteiger partial charge in [-0.2, -0.15) is 4.98 Å². The van der Waals surface area contributed by atoms with Crippen LogP contribution in [-0.4, -0.2) is 33.5 Å². The molecule has 0 aliphatic carbocycles. The third kappa shape index (κ3) is 6.18. The molecule has 0 saturated carbocycles. The van der Waals surface area contributed by atoms with Gasteiger partial charge in [0.25, 0.3) is 5.91 Å². The van der Waals surface area contributed by atoms with Crippen molar-refractivity contribution in [1.82, 2.24) is 14.8 Å². The summed E-state index contributed by atoms with van der Waals surface area (Å²) in [7, 11) is 1.56. The molecule has 0 radical (unpaired) electrons. The number of rotatable bonds is 10. The summed E-state index contributed by atoms with van der Waals surface area (Å²) in [4.78, 5) is 18.5. The Kier molecular flexibility index (Phi) is 8.80. The number of methoxy groups -OCH3 is 1. The average molecular weight is 594 g/mol. The van der Waals surface area contributed by atoms with Gasteiger partial charge in [0, 0.05) is 17.0 Å². The molecule has 212 valence electrons. The van der Waals surface area contributed by atoms with Gasteiger partial charge in [0.1, 0.15) is 30.0 Å². The Bertz CT molecular complexity index is 1570. The summed E-state index contributed by atoms with van der Waals surface area (Å²) in [6.45, 7) is 3.92. The van der Waals surface area contributed by atoms with Crippen LogP contribution in [0.1, 0.15) is 37.4 Å². The Morgan fingerprint density at radius 1 is 1.15 bits per heavy atom. The van der Waals surface area contributed by atoms with Gasteiger partial charge < -0.3 is 20.1 Å². The second-order valence-corrected chi connectivity index (χ2v) is 10.8. The molecule has 1 unspecified atom stereocenters. The number of nitrogens with zero attached hydrogens (tertiary/aromatic N) is 3. The first-order valence-electron chi connectivity index (χ1n) is 13.1. The minimum Gasteiger partial charge on any atom is -0.495 e. The van der Waals surface area contributed by atoms with Crippen molar-refractivity contribution in [2.75, 3.05) is 23.5 Å². The number of hydrogen-bond donors (Lipinski definition) is 2. The van der Waals surface area contributed by atoms with Crippen molar-refractivity contribution in [2.45, 2.75) is 38.1 Å². The highest BCUT2D eigenvalue weighted by molar-refractivity contribution is 7.99. The summed E-state index contributed by atoms with van der Waals surface area (Å²) < 4.78 is 27.2. The van der Waals surface area contributed by atoms with Crippen molar-refractivity contribution in [2.24, 2.45) is 0 Å². The molecule has 1 aliphatic heterocycles. The second kappa shape index (κ2) is 12.7. The monoisotopic (exact) mass is 593 g/mol. The number of amides is 1. The van der Waals surface area contributed by atoms with Crippen molar-refractivity contribution in [3.05, 3.63) is 100.0 Å². The Morgan fingerprint density at radius 3 is 2.66 bits per heavy atom. The van der Waals surface area contributed by atoms with Crippen molar-refractivity contribution < 1.29 is 18.7 Å². The zero-order valence-corrected chi connectivity index (χ0v) is 24.4. The number of hydrogen-bond acceptors (Lipinski definition) is 7. The van der Waals surface area contributed by atoms with Gasteiger partial charge in [0.2, 0.25) is 11.1 Å². The Hall–Kier alpha value is -4.02. The van der Waals surface area contributed by atoms with Crippen LogP contribution in [0, 0.1) is 5.82 Å². The molecular weight excluding hydrogens is 565 g/mol. The van der Waals surface area contributed by atoms with E-state index in [-0.39, 0.29) is 18.1 Å². The molecule has 2 N–H and O–H groups in total. The molecule has 4 aromatic rings. The fourth-order valence-electron chi connectivity index (χ4n) is 4.50. The summed E-state index contributed by atoms with van der Waals surface area (Å²) in [5, 5.41) is 11.9. The molecule has 0 spiro atoms. The Labute approximate surface area is 246 Å². The van der Waals surface area contributed by atoms with Crippen molar-refractivity contribution in [3.8, 4) is 11.5 Å². The first-order valence-corrected chi connectivity index (χ1v) is 14.4. The number of benzene rings is 3. The number of halogens is 2. The van der Waals surface area contributed by atoms with Gasteiger partial charge >= 0.3 is 0 Å². The third-order valence-electron chi connectivity index (χ3n) is 6.51. The van der Waals surface area contributed by atoms with Gasteiger partial charge in [0.05, 0.1) is 23.4 Å². The maximum Gasteiger partial charge on any atom is 0.255 e. The first kappa shape index (κ1) is 28.5. The van der Waals surface area contributed by atoms with Gasteiger partial charge in [-0.1, -0.05) is 60.6 Å². The standard InChI is InChI=1S/C30H29ClFN5O3S/c1-4-16-41-30-35-29-33-18(2)26(28(38)34-24-10-5-6-11-25(24)39-3)27(37(29)36-30)19-12-14-20(15-13-19)40-17-21-22(31)8-7-9-23(21)32/h5-15,27H,4,16-17H2,1-3H3,(H,34,38)(H,33,35,36). The zero-order chi connectivity index (χ0) is 28.9. The largest absolute Gasteiger partial charge is 0.495 e. The summed E-state index contributed by atoms with van der Waals surface area (Å²) in [5.74, 6) is 1.78. The SMILES string of the molecule is CCCSc1nc2n(n1)C(c1ccc(OCc3c(F)cccc3Cl)cc1)C(C(=O)Nc1ccccc1OC)=C(C)N2. The second-order valence-electron chi connectivity index (χ2n) is 9.29. The predicted octanol–water partition coefficient (Wildman–Crippen LogP) is 7.09. The molecule has 8 nitrogen and oxygen atoms in total. The van der Waals surface area contributed by atoms with Crippen LogP contribution >= 0.6 is 23.4 Å². The van der Waals surface area contributed by atoms with Crippen molar-refractivity contribution in [3.63, 3.8) is 0 Å². The summed E-state index contributed by atoms with van der Waals surface area (Å²) >= 11 is 7.71. The fraction of sp³-hybridized carbons (Fsp3) is 0.233. The molecule has 1 atom stereocenters. The molecule has 0 fully saturated rings. The summed E-state index contributed by atoms with van der Waals surface area (Å²) in [6, 6.07) is 18.5. The number of fused-ring (bicyclic) bond motifs is 1. The van der Waals surface area contributed by atoms with E-state index in [1.807, 2.05) is 31.2 Å². The molecule has 1 aliphatic rings. The van der Waals surface area contributed by atoms with E-state index in [1.54, 1.807) is 60.0 Å². The van der Waals surface area contributed by atoms with E-state index in [0.717, 1.165) is 17.7 Å². The van der Waals surface area contributed by atoms with Crippen LogP contribution < -0.4 is 20.1 Å². The van der Waals surface area contributed by atoms with Crippen LogP contribution in [0.2, 0.25) is 5.02 Å². The number of para-hydroxylation sites is 2. The highest BCUT2D eigenvalue weighted by atomic mass is 35.5. The van der Waals surface area contributed by atoms with Gasteiger partial charge in [0.15, 0.2) is 0 Å². The van der Waals surface area contributed by atoms with E-state index in [9.17, 15) is 9.18 Å². The van der Waals surface area contributed by atoms with E-state index < -0.39 is 11.9 Å². The average Bonchev–Trinajstić information content (AvgIpc) is 3.38. The molecule has 5 rings (SSSR count). The quantitative estimate of drug-likeness (QED) is 0.190. The van der Waals surface area contributed by atoms with Crippen LogP contribution in [0.25, 0.3) is 0 Å². The normalized spacial score (nSPS) is 14.3. The maximum absolute atomic E-state index is 14.2. The lowest BCUT2D eigenvalue weighted by molar-refractivity contribution is -0.113. The van der Waals surface area contributed by atoms with Crippen LogP contribution in [0.15, 0.2) is 83.2 Å². The van der Waals surface area contributed by atoms with E-state index >= 15 is 0 Å². The lowest BCUT2D eigenvalue weighted by Crippen LogP contribution is -2.31. The molecule has 2 heterocycles. The summed E-state index contributed by atoms with van der Waals surface area (Å²) in [5.41, 5.74) is 2.77. The topological polar surface area (TPSA) is 90.3 Å². The lowest BCUT2D eigenvalue weighted by atomic mass is 9.95. The van der Waals surface area contributed by atoms with Gasteiger partial charge in [-0.25, -0.2) is 9.07 Å². The minimum atomic E-state index is -0.570. The predicted molar refractivity (Wildman–Crippen MR) is 159 cm³/mol. The molecule has 11 heteroatoms. The third-order valence-corrected chi connectivity index (χ3v) is 7.91. The Balaban J connectivity index is 1.47. The molecule has 0 bridgehead atoms. The highest BCUT2D eigenvalue weighted by Gasteiger charge is 2.34. The Morgan fingerprint density at radius 2 is 1.93 bits per heavy atom. The molecule has 1 aromatic heterocycles. The van der Waals surface area contributed by atoms with Crippen LogP contribution in [0.5, 0.6) is 11.5 Å². The molecule has 3 aromatic carbocycles. The van der Waals surface area contributed by atoms with Gasteiger partial charge in [-0.15, -0.1) is 5.10 Å². The number of ether oxygens (including phenoxy) is 2. The van der Waals surface area contributed by atoms with Crippen molar-refractivity contribution in [1.29, 1.82) is 0 Å². The van der Waals surface area contributed by atoms with Gasteiger partial charge in [-0.05, 0) is 55.3 Å². The number of thioether (sulfide) groups is 1. The molecular formula is C30H29ClFN5O3S. The van der Waals surface area contributed by atoms with E-state index in [2.05, 4.69) is 22.5 Å². The number of nitrogens with one attached hydrogen (secondary N) is 2. The van der Waals surface area contributed by atoms with Gasteiger partial charge in [-0.3, -0.25) is 4.79 Å².